The highest BCUT2D eigenvalue weighted by Gasteiger charge is 2.32. The first-order valence-corrected chi connectivity index (χ1v) is 5.87. The summed E-state index contributed by atoms with van der Waals surface area (Å²) >= 11 is 0. The molecule has 0 aliphatic carbocycles. The number of rotatable bonds is 4. The van der Waals surface area contributed by atoms with Gasteiger partial charge in [-0.3, -0.25) is 9.59 Å². The van der Waals surface area contributed by atoms with Gasteiger partial charge in [0.15, 0.2) is 0 Å². The first-order valence-electron chi connectivity index (χ1n) is 5.87. The summed E-state index contributed by atoms with van der Waals surface area (Å²) in [7, 11) is 1.53. The number of hydrogen-bond acceptors (Lipinski definition) is 2. The number of nitrogens with one attached hydrogen (secondary N) is 1. The number of amides is 2. The van der Waals surface area contributed by atoms with Gasteiger partial charge in [-0.05, 0) is 12.3 Å². The fraction of sp³-hybridized carbons (Fsp3) is 0.818. The molecule has 0 saturated carbocycles. The average Bonchev–Trinajstić information content (AvgIpc) is 2.73. The molecule has 1 saturated heterocycles. The number of nitrogens with zero attached hydrogens (tertiary/aromatic N) is 1. The molecule has 1 N–H and O–H groups in total. The van der Waals surface area contributed by atoms with Crippen molar-refractivity contribution in [1.82, 2.24) is 10.2 Å². The first-order chi connectivity index (χ1) is 8.31. The molecule has 0 aromatic rings. The molecule has 7 heteroatoms. The molecule has 104 valence electrons. The van der Waals surface area contributed by atoms with Crippen molar-refractivity contribution in [2.45, 2.75) is 31.9 Å². The Kier molecular flexibility index (Phi) is 4.98. The smallest absolute Gasteiger partial charge is 0.359 e. The van der Waals surface area contributed by atoms with E-state index in [-0.39, 0.29) is 11.8 Å². The monoisotopic (exact) mass is 266 g/mol. The molecule has 1 aliphatic rings. The molecule has 0 aromatic carbocycles. The summed E-state index contributed by atoms with van der Waals surface area (Å²) in [5.74, 6) is -0.531. The Balaban J connectivity index is 2.33. The van der Waals surface area contributed by atoms with Crippen LogP contribution in [-0.4, -0.2) is 43.0 Å². The van der Waals surface area contributed by atoms with Gasteiger partial charge in [-0.25, -0.2) is 0 Å². The lowest BCUT2D eigenvalue weighted by molar-refractivity contribution is -0.148. The zero-order chi connectivity index (χ0) is 13.8. The van der Waals surface area contributed by atoms with Gasteiger partial charge >= 0.3 is 6.18 Å². The zero-order valence-electron chi connectivity index (χ0n) is 10.2. The lowest BCUT2D eigenvalue weighted by Crippen LogP contribution is -2.30. The SMILES string of the molecule is CNC(=O)C[C@H]1CCN(C(=O)CCC(F)(F)F)C1. The Hall–Kier alpha value is -1.27. The second kappa shape index (κ2) is 6.06. The van der Waals surface area contributed by atoms with Crippen LogP contribution in [0.4, 0.5) is 13.2 Å². The van der Waals surface area contributed by atoms with Crippen molar-refractivity contribution in [3.05, 3.63) is 0 Å². The lowest BCUT2D eigenvalue weighted by Gasteiger charge is -2.17. The maximum Gasteiger partial charge on any atom is 0.389 e. The van der Waals surface area contributed by atoms with Crippen LogP contribution in [0.2, 0.25) is 0 Å². The minimum atomic E-state index is -4.29. The normalized spacial score (nSPS) is 20.0. The number of likely N-dealkylation sites (tertiary alicyclic amines) is 1. The number of alkyl halides is 3. The van der Waals surface area contributed by atoms with E-state index < -0.39 is 24.9 Å². The Labute approximate surface area is 104 Å². The van der Waals surface area contributed by atoms with Crippen molar-refractivity contribution < 1.29 is 22.8 Å². The summed E-state index contributed by atoms with van der Waals surface area (Å²) in [5, 5.41) is 2.49. The van der Waals surface area contributed by atoms with Crippen LogP contribution in [0.25, 0.3) is 0 Å². The van der Waals surface area contributed by atoms with Crippen molar-refractivity contribution in [2.75, 3.05) is 20.1 Å². The highest BCUT2D eigenvalue weighted by Crippen LogP contribution is 2.24. The van der Waals surface area contributed by atoms with Gasteiger partial charge < -0.3 is 10.2 Å². The van der Waals surface area contributed by atoms with E-state index in [0.717, 1.165) is 0 Å². The second-order valence-electron chi connectivity index (χ2n) is 4.49. The molecule has 1 fully saturated rings. The summed E-state index contributed by atoms with van der Waals surface area (Å²) < 4.78 is 35.9. The third kappa shape index (κ3) is 4.93. The number of carbonyl (C=O) groups excluding carboxylic acids is 2. The molecule has 0 unspecified atom stereocenters. The molecule has 0 spiro atoms. The zero-order valence-corrected chi connectivity index (χ0v) is 10.2. The average molecular weight is 266 g/mol. The van der Waals surface area contributed by atoms with E-state index in [1.807, 2.05) is 0 Å². The fourth-order valence-electron chi connectivity index (χ4n) is 2.00. The van der Waals surface area contributed by atoms with E-state index in [1.54, 1.807) is 0 Å². The molecule has 1 heterocycles. The topological polar surface area (TPSA) is 49.4 Å². The molecular formula is C11H17F3N2O2. The molecule has 1 aliphatic heterocycles. The van der Waals surface area contributed by atoms with Gasteiger partial charge in [-0.15, -0.1) is 0 Å². The molecular weight excluding hydrogens is 249 g/mol. The number of carbonyl (C=O) groups is 2. The van der Waals surface area contributed by atoms with Gasteiger partial charge in [0.2, 0.25) is 11.8 Å². The van der Waals surface area contributed by atoms with E-state index in [9.17, 15) is 22.8 Å². The highest BCUT2D eigenvalue weighted by molar-refractivity contribution is 5.77. The van der Waals surface area contributed by atoms with Gasteiger partial charge in [0.1, 0.15) is 0 Å². The molecule has 0 bridgehead atoms. The van der Waals surface area contributed by atoms with Gasteiger partial charge in [0.25, 0.3) is 0 Å². The largest absolute Gasteiger partial charge is 0.389 e. The highest BCUT2D eigenvalue weighted by atomic mass is 19.4. The minimum absolute atomic E-state index is 0.0554. The molecule has 4 nitrogen and oxygen atoms in total. The maximum atomic E-state index is 12.0. The van der Waals surface area contributed by atoms with E-state index >= 15 is 0 Å². The minimum Gasteiger partial charge on any atom is -0.359 e. The van der Waals surface area contributed by atoms with Crippen LogP contribution in [0.1, 0.15) is 25.7 Å². The van der Waals surface area contributed by atoms with Crippen molar-refractivity contribution in [3.63, 3.8) is 0 Å². The van der Waals surface area contributed by atoms with Crippen molar-refractivity contribution in [2.24, 2.45) is 5.92 Å². The summed E-state index contributed by atoms with van der Waals surface area (Å²) in [5.41, 5.74) is 0. The Morgan fingerprint density at radius 1 is 1.39 bits per heavy atom. The van der Waals surface area contributed by atoms with Crippen LogP contribution in [0.5, 0.6) is 0 Å². The quantitative estimate of drug-likeness (QED) is 0.834. The predicted molar refractivity (Wildman–Crippen MR) is 58.7 cm³/mol. The van der Waals surface area contributed by atoms with E-state index in [1.165, 1.54) is 11.9 Å². The molecule has 18 heavy (non-hydrogen) atoms. The summed E-state index contributed by atoms with van der Waals surface area (Å²) in [4.78, 5) is 24.1. The maximum absolute atomic E-state index is 12.0. The Morgan fingerprint density at radius 3 is 2.61 bits per heavy atom. The lowest BCUT2D eigenvalue weighted by atomic mass is 10.0. The van der Waals surface area contributed by atoms with E-state index in [0.29, 0.717) is 25.9 Å². The summed E-state index contributed by atoms with van der Waals surface area (Å²) in [6, 6.07) is 0. The Bertz CT molecular complexity index is 318. The number of halogens is 3. The van der Waals surface area contributed by atoms with Crippen molar-refractivity contribution >= 4 is 11.8 Å². The van der Waals surface area contributed by atoms with Crippen LogP contribution in [0, 0.1) is 5.92 Å². The Morgan fingerprint density at radius 2 is 2.06 bits per heavy atom. The van der Waals surface area contributed by atoms with Crippen LogP contribution in [0.3, 0.4) is 0 Å². The summed E-state index contributed by atoms with van der Waals surface area (Å²) in [6.45, 7) is 0.822. The first kappa shape index (κ1) is 14.8. The van der Waals surface area contributed by atoms with E-state index in [2.05, 4.69) is 5.32 Å². The number of hydrogen-bond donors (Lipinski definition) is 1. The van der Waals surface area contributed by atoms with Crippen molar-refractivity contribution in [1.29, 1.82) is 0 Å². The molecule has 1 rings (SSSR count). The third-order valence-corrected chi connectivity index (χ3v) is 3.01. The molecule has 1 atom stereocenters. The predicted octanol–water partition coefficient (Wildman–Crippen LogP) is 1.31. The van der Waals surface area contributed by atoms with Crippen LogP contribution < -0.4 is 5.32 Å². The van der Waals surface area contributed by atoms with Gasteiger partial charge in [-0.2, -0.15) is 13.2 Å². The summed E-state index contributed by atoms with van der Waals surface area (Å²) in [6.07, 6.45) is -4.89. The van der Waals surface area contributed by atoms with Crippen molar-refractivity contribution in [3.8, 4) is 0 Å². The fourth-order valence-corrected chi connectivity index (χ4v) is 2.00. The molecule has 2 amide bonds. The van der Waals surface area contributed by atoms with Crippen LogP contribution in [-0.2, 0) is 9.59 Å². The van der Waals surface area contributed by atoms with Gasteiger partial charge in [0.05, 0.1) is 6.42 Å². The third-order valence-electron chi connectivity index (χ3n) is 3.01. The second-order valence-corrected chi connectivity index (χ2v) is 4.49. The van der Waals surface area contributed by atoms with Crippen LogP contribution in [0.15, 0.2) is 0 Å². The standard InChI is InChI=1S/C11H17F3N2O2/c1-15-9(17)6-8-3-5-16(7-8)10(18)2-4-11(12,13)14/h8H,2-7H2,1H3,(H,15,17)/t8-/m1/s1. The van der Waals surface area contributed by atoms with Gasteiger partial charge in [-0.1, -0.05) is 0 Å². The van der Waals surface area contributed by atoms with E-state index in [4.69, 9.17) is 0 Å². The molecule has 0 aromatic heterocycles. The molecule has 0 radical (unpaired) electrons. The van der Waals surface area contributed by atoms with Gasteiger partial charge in [0, 0.05) is 33.0 Å². The van der Waals surface area contributed by atoms with Crippen LogP contribution >= 0.6 is 0 Å².